The number of aromatic amines is 1. The van der Waals surface area contributed by atoms with Crippen molar-refractivity contribution in [3.8, 4) is 0 Å². The van der Waals surface area contributed by atoms with Crippen molar-refractivity contribution in [1.29, 1.82) is 0 Å². The predicted octanol–water partition coefficient (Wildman–Crippen LogP) is 6.05. The number of fused-ring (bicyclic) bond motifs is 1. The summed E-state index contributed by atoms with van der Waals surface area (Å²) in [4.78, 5) is 25.2. The molecule has 0 radical (unpaired) electrons. The summed E-state index contributed by atoms with van der Waals surface area (Å²) in [5, 5.41) is 13.2. The van der Waals surface area contributed by atoms with Gasteiger partial charge in [0.1, 0.15) is 12.1 Å². The van der Waals surface area contributed by atoms with Crippen LogP contribution in [0.4, 0.5) is 10.1 Å². The SMILES string of the molecule is C=C.C=Cc1c(C)[nH]c(/C=C2\C(=O)Nc3ccc(F)cc32)c1C.CNCCCCCCCC=O.CNO. The number of H-pyrrole nitrogens is 1. The maximum atomic E-state index is 13.4. The second-order valence-corrected chi connectivity index (χ2v) is 8.16. The lowest BCUT2D eigenvalue weighted by atomic mass is 10.0. The average Bonchev–Trinajstić information content (AvgIpc) is 3.34. The highest BCUT2D eigenvalue weighted by Crippen LogP contribution is 2.34. The maximum Gasteiger partial charge on any atom is 0.256 e. The molecule has 0 bridgehead atoms. The highest BCUT2D eigenvalue weighted by molar-refractivity contribution is 6.34. The lowest BCUT2D eigenvalue weighted by Gasteiger charge is -1.99. The Balaban J connectivity index is 0.000000687. The van der Waals surface area contributed by atoms with Crippen molar-refractivity contribution < 1.29 is 19.2 Å². The van der Waals surface area contributed by atoms with E-state index in [1.54, 1.807) is 23.7 Å². The van der Waals surface area contributed by atoms with E-state index in [0.29, 0.717) is 16.8 Å². The van der Waals surface area contributed by atoms with Crippen molar-refractivity contribution in [3.63, 3.8) is 0 Å². The molecule has 0 unspecified atom stereocenters. The zero-order chi connectivity index (χ0) is 28.2. The third-order valence-electron chi connectivity index (χ3n) is 5.54. The molecule has 2 heterocycles. The minimum absolute atomic E-state index is 0.220. The zero-order valence-corrected chi connectivity index (χ0v) is 22.7. The fraction of sp³-hybridized carbons (Fsp3) is 0.379. The van der Waals surface area contributed by atoms with Gasteiger partial charge in [0.2, 0.25) is 0 Å². The summed E-state index contributed by atoms with van der Waals surface area (Å²) in [5.74, 6) is -0.579. The molecule has 1 aliphatic rings. The van der Waals surface area contributed by atoms with Gasteiger partial charge in [-0.25, -0.2) is 9.87 Å². The van der Waals surface area contributed by atoms with Gasteiger partial charge in [-0.1, -0.05) is 31.9 Å². The van der Waals surface area contributed by atoms with E-state index < -0.39 is 0 Å². The number of hydroxylamine groups is 1. The molecule has 7 nitrogen and oxygen atoms in total. The first-order chi connectivity index (χ1) is 17.8. The Morgan fingerprint density at radius 3 is 2.27 bits per heavy atom. The van der Waals surface area contributed by atoms with Crippen molar-refractivity contribution in [2.75, 3.05) is 26.0 Å². The number of carbonyl (C=O) groups is 2. The molecule has 0 saturated carbocycles. The van der Waals surface area contributed by atoms with Gasteiger partial charge in [-0.15, -0.1) is 13.2 Å². The number of aromatic nitrogens is 1. The van der Waals surface area contributed by atoms with Gasteiger partial charge in [0.15, 0.2) is 0 Å². The third-order valence-corrected chi connectivity index (χ3v) is 5.54. The zero-order valence-electron chi connectivity index (χ0n) is 22.7. The monoisotopic (exact) mass is 514 g/mol. The highest BCUT2D eigenvalue weighted by atomic mass is 19.1. The lowest BCUT2D eigenvalue weighted by molar-refractivity contribution is -0.111. The fourth-order valence-electron chi connectivity index (χ4n) is 3.75. The topological polar surface area (TPSA) is 106 Å². The Labute approximate surface area is 220 Å². The van der Waals surface area contributed by atoms with Crippen molar-refractivity contribution >= 4 is 35.6 Å². The third kappa shape index (κ3) is 11.5. The molecule has 1 aromatic heterocycles. The molecule has 0 spiro atoms. The van der Waals surface area contributed by atoms with E-state index in [-0.39, 0.29) is 11.7 Å². The number of halogens is 1. The highest BCUT2D eigenvalue weighted by Gasteiger charge is 2.25. The van der Waals surface area contributed by atoms with Crippen molar-refractivity contribution in [1.82, 2.24) is 15.8 Å². The summed E-state index contributed by atoms with van der Waals surface area (Å²) in [7, 11) is 3.41. The molecule has 2 aromatic rings. The molecule has 0 fully saturated rings. The molecule has 3 rings (SSSR count). The van der Waals surface area contributed by atoms with Crippen molar-refractivity contribution in [2.45, 2.75) is 52.4 Å². The molecular weight excluding hydrogens is 471 g/mol. The molecule has 0 saturated heterocycles. The molecule has 1 aromatic carbocycles. The van der Waals surface area contributed by atoms with Gasteiger partial charge in [-0.05, 0) is 75.7 Å². The number of anilines is 1. The standard InChI is InChI=1S/C17H15FN2O.C9H19NO.C2H4.CH5NO/c1-4-12-9(2)16(19-10(12)3)8-14-13-7-11(18)5-6-15(13)20-17(14)21;1-10-8-6-4-2-3-5-7-9-11;1-2;1-2-3/h4-8,19H,1H2,2-3H3,(H,20,21);9-10H,2-8H2,1H3;1-2H2;2-3H,1H3/b14-8-;;;. The van der Waals surface area contributed by atoms with Gasteiger partial charge in [0, 0.05) is 36.1 Å². The largest absolute Gasteiger partial charge is 0.358 e. The van der Waals surface area contributed by atoms with Crippen LogP contribution < -0.4 is 16.1 Å². The van der Waals surface area contributed by atoms with Crippen molar-refractivity contribution in [3.05, 3.63) is 71.8 Å². The fourth-order valence-corrected chi connectivity index (χ4v) is 3.75. The van der Waals surface area contributed by atoms with Gasteiger partial charge in [-0.2, -0.15) is 0 Å². The number of unbranched alkanes of at least 4 members (excludes halogenated alkanes) is 5. The molecule has 8 heteroatoms. The van der Waals surface area contributed by atoms with E-state index in [1.807, 2.05) is 20.9 Å². The van der Waals surface area contributed by atoms with Crippen LogP contribution in [-0.2, 0) is 9.59 Å². The molecular formula is C29H43FN4O3. The van der Waals surface area contributed by atoms with Crippen LogP contribution >= 0.6 is 0 Å². The summed E-state index contributed by atoms with van der Waals surface area (Å²) in [6.45, 7) is 14.8. The summed E-state index contributed by atoms with van der Waals surface area (Å²) < 4.78 is 13.4. The molecule has 37 heavy (non-hydrogen) atoms. The van der Waals surface area contributed by atoms with Gasteiger partial charge in [0.05, 0.1) is 5.57 Å². The van der Waals surface area contributed by atoms with E-state index in [9.17, 15) is 14.0 Å². The number of nitrogens with one attached hydrogen (secondary N) is 4. The molecule has 1 aliphatic heterocycles. The van der Waals surface area contributed by atoms with Crippen LogP contribution in [0.25, 0.3) is 17.7 Å². The number of hydrogen-bond acceptors (Lipinski definition) is 5. The average molecular weight is 515 g/mol. The lowest BCUT2D eigenvalue weighted by Crippen LogP contribution is -2.06. The van der Waals surface area contributed by atoms with Gasteiger partial charge >= 0.3 is 0 Å². The number of aryl methyl sites for hydroxylation is 1. The van der Waals surface area contributed by atoms with Crippen LogP contribution in [0.5, 0.6) is 0 Å². The summed E-state index contributed by atoms with van der Waals surface area (Å²) in [5.41, 5.74) is 7.32. The minimum atomic E-state index is -0.359. The van der Waals surface area contributed by atoms with E-state index in [2.05, 4.69) is 35.4 Å². The Bertz CT molecular complexity index is 1010. The number of rotatable bonds is 10. The quantitative estimate of drug-likeness (QED) is 0.0873. The molecule has 0 atom stereocenters. The van der Waals surface area contributed by atoms with E-state index >= 15 is 0 Å². The second-order valence-electron chi connectivity index (χ2n) is 8.16. The summed E-state index contributed by atoms with van der Waals surface area (Å²) in [6.07, 6.45) is 11.4. The van der Waals surface area contributed by atoms with Crippen LogP contribution in [0.2, 0.25) is 0 Å². The van der Waals surface area contributed by atoms with Gasteiger partial charge in [0.25, 0.3) is 5.91 Å². The first-order valence-electron chi connectivity index (χ1n) is 12.4. The van der Waals surface area contributed by atoms with Crippen LogP contribution in [0.3, 0.4) is 0 Å². The Kier molecular flexibility index (Phi) is 18.0. The van der Waals surface area contributed by atoms with Crippen molar-refractivity contribution in [2.24, 2.45) is 0 Å². The van der Waals surface area contributed by atoms with E-state index in [4.69, 9.17) is 5.21 Å². The first-order valence-corrected chi connectivity index (χ1v) is 12.4. The van der Waals surface area contributed by atoms with Crippen LogP contribution in [0.1, 0.15) is 66.6 Å². The Morgan fingerprint density at radius 2 is 1.70 bits per heavy atom. The summed E-state index contributed by atoms with van der Waals surface area (Å²) >= 11 is 0. The minimum Gasteiger partial charge on any atom is -0.358 e. The maximum absolute atomic E-state index is 13.4. The number of amides is 1. The summed E-state index contributed by atoms with van der Waals surface area (Å²) in [6, 6.07) is 4.28. The number of benzene rings is 1. The second kappa shape index (κ2) is 19.8. The molecule has 0 aliphatic carbocycles. The normalized spacial score (nSPS) is 12.2. The van der Waals surface area contributed by atoms with Crippen LogP contribution in [-0.4, -0.2) is 43.0 Å². The Morgan fingerprint density at radius 1 is 1.08 bits per heavy atom. The number of hydrogen-bond donors (Lipinski definition) is 5. The van der Waals surface area contributed by atoms with Gasteiger partial charge in [-0.3, -0.25) is 4.79 Å². The number of carbonyl (C=O) groups excluding carboxylic acids is 2. The van der Waals surface area contributed by atoms with Crippen LogP contribution in [0, 0.1) is 19.7 Å². The van der Waals surface area contributed by atoms with Gasteiger partial charge < -0.3 is 25.6 Å². The van der Waals surface area contributed by atoms with Crippen LogP contribution in [0.15, 0.2) is 37.9 Å². The predicted molar refractivity (Wildman–Crippen MR) is 153 cm³/mol. The Hall–Kier alpha value is -3.33. The molecule has 204 valence electrons. The first kappa shape index (κ1) is 33.7. The smallest absolute Gasteiger partial charge is 0.256 e. The molecule has 1 amide bonds. The van der Waals surface area contributed by atoms with E-state index in [1.165, 1.54) is 44.9 Å². The number of aldehydes is 1. The molecule has 5 N–H and O–H groups in total. The van der Waals surface area contributed by atoms with E-state index in [0.717, 1.165) is 48.2 Å².